The van der Waals surface area contributed by atoms with Crippen LogP contribution in [-0.4, -0.2) is 76.7 Å². The molecule has 0 saturated carbocycles. The van der Waals surface area contributed by atoms with Crippen molar-refractivity contribution in [2.24, 2.45) is 0 Å². The highest BCUT2D eigenvalue weighted by atomic mass is 32.2. The minimum atomic E-state index is -3.45. The first-order valence-electron chi connectivity index (χ1n) is 8.21. The molecule has 0 aromatic carbocycles. The SMILES string of the molecule is O=C(Cn1ccc(=O)[nH]c1=O)N1CCN(S(=O)(=O)N2CCCC2)CC1. The number of amides is 1. The third-order valence-corrected chi connectivity index (χ3v) is 6.55. The summed E-state index contributed by atoms with van der Waals surface area (Å²) in [5.41, 5.74) is -1.16. The molecule has 2 aliphatic heterocycles. The molecule has 1 amide bonds. The molecule has 0 atom stereocenters. The summed E-state index contributed by atoms with van der Waals surface area (Å²) in [7, 11) is -3.45. The Morgan fingerprint density at radius 2 is 1.60 bits per heavy atom. The molecule has 2 aliphatic rings. The van der Waals surface area contributed by atoms with E-state index in [2.05, 4.69) is 4.98 Å². The highest BCUT2D eigenvalue weighted by molar-refractivity contribution is 7.86. The van der Waals surface area contributed by atoms with Gasteiger partial charge >= 0.3 is 5.69 Å². The topological polar surface area (TPSA) is 116 Å². The number of hydrogen-bond acceptors (Lipinski definition) is 5. The van der Waals surface area contributed by atoms with Crippen LogP contribution in [-0.2, 0) is 21.5 Å². The molecule has 0 bridgehead atoms. The van der Waals surface area contributed by atoms with Gasteiger partial charge in [0.1, 0.15) is 6.54 Å². The van der Waals surface area contributed by atoms with Crippen LogP contribution in [0.25, 0.3) is 0 Å². The zero-order valence-electron chi connectivity index (χ0n) is 13.8. The van der Waals surface area contributed by atoms with Crippen molar-refractivity contribution in [3.63, 3.8) is 0 Å². The maximum Gasteiger partial charge on any atom is 0.328 e. The lowest BCUT2D eigenvalue weighted by Gasteiger charge is -2.35. The van der Waals surface area contributed by atoms with Crippen molar-refractivity contribution in [3.8, 4) is 0 Å². The number of hydrogen-bond donors (Lipinski definition) is 1. The minimum Gasteiger partial charge on any atom is -0.338 e. The van der Waals surface area contributed by atoms with Crippen LogP contribution in [0.2, 0.25) is 0 Å². The number of H-pyrrole nitrogens is 1. The summed E-state index contributed by atoms with van der Waals surface area (Å²) in [5.74, 6) is -0.285. The molecule has 0 radical (unpaired) electrons. The zero-order valence-corrected chi connectivity index (χ0v) is 14.6. The summed E-state index contributed by atoms with van der Waals surface area (Å²) in [4.78, 5) is 38.6. The van der Waals surface area contributed by atoms with E-state index in [0.717, 1.165) is 17.4 Å². The van der Waals surface area contributed by atoms with Gasteiger partial charge in [0.15, 0.2) is 0 Å². The number of nitrogens with one attached hydrogen (secondary N) is 1. The Balaban J connectivity index is 1.59. The van der Waals surface area contributed by atoms with Crippen LogP contribution in [0.5, 0.6) is 0 Å². The van der Waals surface area contributed by atoms with Crippen molar-refractivity contribution in [1.82, 2.24) is 23.1 Å². The van der Waals surface area contributed by atoms with Crippen LogP contribution in [0.4, 0.5) is 0 Å². The number of aromatic amines is 1. The van der Waals surface area contributed by atoms with Crippen molar-refractivity contribution >= 4 is 16.1 Å². The maximum atomic E-state index is 12.5. The summed E-state index contributed by atoms with van der Waals surface area (Å²) in [5, 5.41) is 0. The monoisotopic (exact) mass is 371 g/mol. The van der Waals surface area contributed by atoms with E-state index in [0.29, 0.717) is 13.1 Å². The molecule has 0 unspecified atom stereocenters. The van der Waals surface area contributed by atoms with Crippen LogP contribution < -0.4 is 11.2 Å². The van der Waals surface area contributed by atoms with Crippen LogP contribution in [0.1, 0.15) is 12.8 Å². The number of nitrogens with zero attached hydrogens (tertiary/aromatic N) is 4. The Bertz CT molecular complexity index is 847. The lowest BCUT2D eigenvalue weighted by molar-refractivity contribution is -0.133. The highest BCUT2D eigenvalue weighted by Gasteiger charge is 2.34. The van der Waals surface area contributed by atoms with Crippen LogP contribution in [0.3, 0.4) is 0 Å². The average Bonchev–Trinajstić information content (AvgIpc) is 3.13. The van der Waals surface area contributed by atoms with Crippen LogP contribution in [0, 0.1) is 0 Å². The number of carbonyl (C=O) groups is 1. The van der Waals surface area contributed by atoms with E-state index in [1.807, 2.05) is 0 Å². The molecule has 3 rings (SSSR count). The molecule has 0 spiro atoms. The molecular weight excluding hydrogens is 350 g/mol. The number of carbonyl (C=O) groups excluding carboxylic acids is 1. The molecule has 1 aromatic heterocycles. The van der Waals surface area contributed by atoms with Crippen molar-refractivity contribution in [1.29, 1.82) is 0 Å². The van der Waals surface area contributed by atoms with E-state index in [4.69, 9.17) is 0 Å². The summed E-state index contributed by atoms with van der Waals surface area (Å²) in [6, 6.07) is 1.18. The number of piperazine rings is 1. The molecule has 1 aromatic rings. The third kappa shape index (κ3) is 3.83. The molecule has 0 aliphatic carbocycles. The van der Waals surface area contributed by atoms with Gasteiger partial charge < -0.3 is 4.90 Å². The molecule has 2 fully saturated rings. The molecule has 3 heterocycles. The van der Waals surface area contributed by atoms with Gasteiger partial charge in [0.25, 0.3) is 15.8 Å². The fraction of sp³-hybridized carbons (Fsp3) is 0.643. The van der Waals surface area contributed by atoms with E-state index in [1.165, 1.54) is 25.8 Å². The minimum absolute atomic E-state index is 0.186. The van der Waals surface area contributed by atoms with Gasteiger partial charge in [-0.15, -0.1) is 0 Å². The Morgan fingerprint density at radius 3 is 2.20 bits per heavy atom. The normalized spacial score (nSPS) is 20.1. The molecule has 2 saturated heterocycles. The van der Waals surface area contributed by atoms with E-state index in [-0.39, 0.29) is 38.6 Å². The summed E-state index contributed by atoms with van der Waals surface area (Å²) < 4.78 is 29.0. The molecule has 138 valence electrons. The van der Waals surface area contributed by atoms with Gasteiger partial charge in [0.05, 0.1) is 0 Å². The molecular formula is C14H21N5O5S. The van der Waals surface area contributed by atoms with E-state index in [9.17, 15) is 22.8 Å². The Kier molecular flexibility index (Phi) is 5.06. The van der Waals surface area contributed by atoms with Crippen LogP contribution in [0.15, 0.2) is 21.9 Å². The first-order chi connectivity index (χ1) is 11.9. The average molecular weight is 371 g/mol. The number of aromatic nitrogens is 2. The molecule has 25 heavy (non-hydrogen) atoms. The molecule has 1 N–H and O–H groups in total. The highest BCUT2D eigenvalue weighted by Crippen LogP contribution is 2.18. The standard InChI is InChI=1S/C14H21N5O5S/c20-12-3-6-17(14(22)15-12)11-13(21)16-7-9-19(10-8-16)25(23,24)18-4-1-2-5-18/h3,6H,1-2,4-5,7-11H2,(H,15,20,22). The Morgan fingerprint density at radius 1 is 1.00 bits per heavy atom. The fourth-order valence-electron chi connectivity index (χ4n) is 3.06. The lowest BCUT2D eigenvalue weighted by atomic mass is 10.3. The predicted molar refractivity (Wildman–Crippen MR) is 89.2 cm³/mol. The maximum absolute atomic E-state index is 12.5. The van der Waals surface area contributed by atoms with Crippen molar-refractivity contribution < 1.29 is 13.2 Å². The second-order valence-electron chi connectivity index (χ2n) is 6.13. The Hall–Kier alpha value is -1.98. The predicted octanol–water partition coefficient (Wildman–Crippen LogP) is -1.98. The fourth-order valence-corrected chi connectivity index (χ4v) is 4.74. The number of rotatable bonds is 4. The van der Waals surface area contributed by atoms with Crippen molar-refractivity contribution in [2.75, 3.05) is 39.3 Å². The first-order valence-corrected chi connectivity index (χ1v) is 9.60. The van der Waals surface area contributed by atoms with E-state index >= 15 is 0 Å². The van der Waals surface area contributed by atoms with E-state index in [1.54, 1.807) is 0 Å². The van der Waals surface area contributed by atoms with Gasteiger partial charge in [0, 0.05) is 51.5 Å². The van der Waals surface area contributed by atoms with Gasteiger partial charge in [-0.25, -0.2) is 4.79 Å². The van der Waals surface area contributed by atoms with Gasteiger partial charge in [-0.3, -0.25) is 19.1 Å². The largest absolute Gasteiger partial charge is 0.338 e. The summed E-state index contributed by atoms with van der Waals surface area (Å²) in [6.45, 7) is 1.96. The van der Waals surface area contributed by atoms with Gasteiger partial charge in [-0.1, -0.05) is 0 Å². The second-order valence-corrected chi connectivity index (χ2v) is 8.06. The van der Waals surface area contributed by atoms with Crippen LogP contribution >= 0.6 is 0 Å². The van der Waals surface area contributed by atoms with Gasteiger partial charge in [0.2, 0.25) is 5.91 Å². The smallest absolute Gasteiger partial charge is 0.328 e. The second kappa shape index (κ2) is 7.10. The Labute approximate surface area is 144 Å². The van der Waals surface area contributed by atoms with Crippen molar-refractivity contribution in [3.05, 3.63) is 33.1 Å². The first kappa shape index (κ1) is 17.8. The third-order valence-electron chi connectivity index (χ3n) is 4.51. The summed E-state index contributed by atoms with van der Waals surface area (Å²) >= 11 is 0. The summed E-state index contributed by atoms with van der Waals surface area (Å²) in [6.07, 6.45) is 3.03. The quantitative estimate of drug-likeness (QED) is 0.659. The van der Waals surface area contributed by atoms with Crippen molar-refractivity contribution in [2.45, 2.75) is 19.4 Å². The lowest BCUT2D eigenvalue weighted by Crippen LogP contribution is -2.54. The van der Waals surface area contributed by atoms with E-state index < -0.39 is 21.5 Å². The molecule has 11 heteroatoms. The van der Waals surface area contributed by atoms with Gasteiger partial charge in [-0.05, 0) is 12.8 Å². The van der Waals surface area contributed by atoms with Gasteiger partial charge in [-0.2, -0.15) is 17.0 Å². The molecule has 10 nitrogen and oxygen atoms in total. The zero-order chi connectivity index (χ0) is 18.0.